The van der Waals surface area contributed by atoms with Crippen molar-refractivity contribution in [2.75, 3.05) is 6.54 Å². The Hall–Kier alpha value is -3.68. The minimum absolute atomic E-state index is 0.0699. The maximum atomic E-state index is 13.4. The number of aromatic nitrogens is 1. The maximum absolute atomic E-state index is 13.4. The average molecular weight is 605 g/mol. The highest BCUT2D eigenvalue weighted by atomic mass is 32.1. The van der Waals surface area contributed by atoms with Crippen molar-refractivity contribution >= 4 is 39.2 Å². The molecule has 0 aromatic carbocycles. The Bertz CT molecular complexity index is 1550. The number of nitrogens with zero attached hydrogens (tertiary/aromatic N) is 3. The van der Waals surface area contributed by atoms with E-state index in [2.05, 4.69) is 17.9 Å². The monoisotopic (exact) mass is 604 g/mol. The summed E-state index contributed by atoms with van der Waals surface area (Å²) in [6, 6.07) is -1.51. The molecule has 42 heavy (non-hydrogen) atoms. The van der Waals surface area contributed by atoms with E-state index in [0.717, 1.165) is 20.5 Å². The van der Waals surface area contributed by atoms with E-state index in [0.29, 0.717) is 18.4 Å². The lowest BCUT2D eigenvalue weighted by Gasteiger charge is -2.37. The van der Waals surface area contributed by atoms with Gasteiger partial charge in [-0.15, -0.1) is 11.3 Å². The van der Waals surface area contributed by atoms with Crippen molar-refractivity contribution in [1.29, 1.82) is 5.26 Å². The Morgan fingerprint density at radius 2 is 1.98 bits per heavy atom. The summed E-state index contributed by atoms with van der Waals surface area (Å²) in [6.07, 6.45) is -0.426. The van der Waals surface area contributed by atoms with Crippen LogP contribution in [0.2, 0.25) is 0 Å². The van der Waals surface area contributed by atoms with Crippen LogP contribution >= 0.6 is 11.3 Å². The quantitative estimate of drug-likeness (QED) is 0.342. The maximum Gasteiger partial charge on any atom is 0.471 e. The third-order valence-corrected chi connectivity index (χ3v) is 9.36. The second kappa shape index (κ2) is 10.9. The van der Waals surface area contributed by atoms with Crippen LogP contribution in [0.15, 0.2) is 17.8 Å². The predicted molar refractivity (Wildman–Crippen MR) is 147 cm³/mol. The molecule has 9 nitrogen and oxygen atoms in total. The lowest BCUT2D eigenvalue weighted by atomic mass is 9.85. The number of halogens is 3. The SMILES string of the molecule is C[n+]1cc(C(N)C#N)c2c(C#CCCC3(C)[C@@H]4[C@@H](C(=O)O)N(C(=O)[C@@H](NC(=O)C(F)(F)F)C(C)(C)C)C[C@@H]43)csc2c1. The number of carbonyl (C=O) groups is 3. The van der Waals surface area contributed by atoms with E-state index in [1.54, 1.807) is 11.5 Å². The van der Waals surface area contributed by atoms with Crippen LogP contribution < -0.4 is 15.6 Å². The third-order valence-electron chi connectivity index (χ3n) is 8.44. The van der Waals surface area contributed by atoms with Gasteiger partial charge < -0.3 is 21.1 Å². The molecule has 0 spiro atoms. The van der Waals surface area contributed by atoms with E-state index in [-0.39, 0.29) is 18.4 Å². The largest absolute Gasteiger partial charge is 0.480 e. The molecule has 0 bridgehead atoms. The Kier molecular flexibility index (Phi) is 8.09. The molecular weight excluding hydrogens is 571 g/mol. The van der Waals surface area contributed by atoms with E-state index < -0.39 is 52.9 Å². The molecule has 6 atom stereocenters. The number of likely N-dealkylation sites (tertiary alicyclic amines) is 1. The molecule has 1 saturated carbocycles. The number of hydrogen-bond acceptors (Lipinski definition) is 6. The number of nitrogens with one attached hydrogen (secondary N) is 1. The number of carbonyl (C=O) groups excluding carboxylic acids is 2. The van der Waals surface area contributed by atoms with Gasteiger partial charge in [-0.1, -0.05) is 39.5 Å². The summed E-state index contributed by atoms with van der Waals surface area (Å²) >= 11 is 1.50. The van der Waals surface area contributed by atoms with E-state index in [1.165, 1.54) is 32.1 Å². The summed E-state index contributed by atoms with van der Waals surface area (Å²) in [4.78, 5) is 38.5. The van der Waals surface area contributed by atoms with Gasteiger partial charge >= 0.3 is 18.1 Å². The number of aliphatic carboxylic acids is 1. The van der Waals surface area contributed by atoms with Crippen LogP contribution in [-0.2, 0) is 21.4 Å². The Morgan fingerprint density at radius 1 is 1.31 bits per heavy atom. The minimum Gasteiger partial charge on any atom is -0.480 e. The number of pyridine rings is 1. The van der Waals surface area contributed by atoms with E-state index in [4.69, 9.17) is 5.73 Å². The zero-order valence-corrected chi connectivity index (χ0v) is 24.7. The number of nitriles is 1. The summed E-state index contributed by atoms with van der Waals surface area (Å²) in [5.74, 6) is 1.46. The molecule has 2 aromatic rings. The van der Waals surface area contributed by atoms with Gasteiger partial charge in [0.05, 0.1) is 16.3 Å². The Balaban J connectivity index is 1.49. The fourth-order valence-electron chi connectivity index (χ4n) is 6.17. The molecule has 1 aliphatic heterocycles. The number of piperidine rings is 1. The van der Waals surface area contributed by atoms with Crippen LogP contribution in [-0.4, -0.2) is 52.6 Å². The number of alkyl halides is 3. The van der Waals surface area contributed by atoms with Gasteiger partial charge in [-0.05, 0) is 23.2 Å². The normalized spacial score (nSPS) is 24.7. The summed E-state index contributed by atoms with van der Waals surface area (Å²) in [5, 5.41) is 23.9. The standard InChI is InChI=1S/C29H32F3N5O4S/c1-27(2,3)23(35-26(41)29(30,31)32)24(38)37-12-17-21(22(37)25(39)40)28(17,4)9-7-6-8-15-14-42-19-13-36(5)11-16(20(15)19)18(34)10-33/h11,13-14,17-18,21-23H,7,9,12,34H2,1-5H3,(H-,35,39,40,41)/p+1/t17-,18?,21-,22-,23+,28?/m0/s1. The van der Waals surface area contributed by atoms with E-state index >= 15 is 0 Å². The third kappa shape index (κ3) is 5.68. The molecule has 2 aliphatic rings. The lowest BCUT2D eigenvalue weighted by molar-refractivity contribution is -0.670. The van der Waals surface area contributed by atoms with Gasteiger partial charge in [0.15, 0.2) is 12.4 Å². The fraction of sp³-hybridized carbons (Fsp3) is 0.552. The highest BCUT2D eigenvalue weighted by Crippen LogP contribution is 2.67. The number of hydrogen-bond donors (Lipinski definition) is 3. The van der Waals surface area contributed by atoms with Gasteiger partial charge in [-0.25, -0.2) is 9.36 Å². The molecule has 224 valence electrons. The van der Waals surface area contributed by atoms with Gasteiger partial charge in [0.2, 0.25) is 5.91 Å². The molecule has 0 radical (unpaired) electrons. The molecule has 2 fully saturated rings. The van der Waals surface area contributed by atoms with Crippen molar-refractivity contribution in [2.45, 2.75) is 64.8 Å². The lowest BCUT2D eigenvalue weighted by Crippen LogP contribution is -2.59. The summed E-state index contributed by atoms with van der Waals surface area (Å²) in [7, 11) is 1.85. The van der Waals surface area contributed by atoms with Crippen LogP contribution in [0, 0.1) is 45.8 Å². The van der Waals surface area contributed by atoms with Crippen LogP contribution in [0.25, 0.3) is 10.1 Å². The molecule has 4 N–H and O–H groups in total. The molecule has 2 unspecified atom stereocenters. The smallest absolute Gasteiger partial charge is 0.471 e. The first kappa shape index (κ1) is 31.3. The van der Waals surface area contributed by atoms with Crippen molar-refractivity contribution in [1.82, 2.24) is 10.2 Å². The number of fused-ring (bicyclic) bond motifs is 2. The number of rotatable bonds is 6. The Labute approximate surface area is 245 Å². The second-order valence-electron chi connectivity index (χ2n) is 12.4. The summed E-state index contributed by atoms with van der Waals surface area (Å²) < 4.78 is 41.7. The van der Waals surface area contributed by atoms with Gasteiger partial charge in [0, 0.05) is 35.2 Å². The average Bonchev–Trinajstić information content (AvgIpc) is 3.21. The number of amides is 2. The van der Waals surface area contributed by atoms with Crippen molar-refractivity contribution in [3.63, 3.8) is 0 Å². The molecule has 2 amide bonds. The van der Waals surface area contributed by atoms with Crippen LogP contribution in [0.3, 0.4) is 0 Å². The van der Waals surface area contributed by atoms with Crippen molar-refractivity contribution in [2.24, 2.45) is 35.4 Å². The molecule has 3 heterocycles. The van der Waals surface area contributed by atoms with Crippen LogP contribution in [0.5, 0.6) is 0 Å². The number of aryl methyl sites for hydroxylation is 1. The van der Waals surface area contributed by atoms with Crippen LogP contribution in [0.1, 0.15) is 57.7 Å². The molecule has 2 aromatic heterocycles. The first-order valence-electron chi connectivity index (χ1n) is 13.4. The molecule has 13 heteroatoms. The highest BCUT2D eigenvalue weighted by molar-refractivity contribution is 7.17. The minimum atomic E-state index is -5.18. The second-order valence-corrected chi connectivity index (χ2v) is 13.3. The highest BCUT2D eigenvalue weighted by Gasteiger charge is 2.71. The van der Waals surface area contributed by atoms with Gasteiger partial charge in [0.1, 0.15) is 25.2 Å². The number of carboxylic acids is 1. The topological polar surface area (TPSA) is 140 Å². The summed E-state index contributed by atoms with van der Waals surface area (Å²) in [6.45, 7) is 6.54. The van der Waals surface area contributed by atoms with E-state index in [1.807, 2.05) is 30.1 Å². The van der Waals surface area contributed by atoms with Gasteiger partial charge in [-0.2, -0.15) is 18.4 Å². The number of thiophene rings is 1. The first-order chi connectivity index (χ1) is 19.4. The predicted octanol–water partition coefficient (Wildman–Crippen LogP) is 3.02. The van der Waals surface area contributed by atoms with Crippen molar-refractivity contribution in [3.8, 4) is 17.9 Å². The Morgan fingerprint density at radius 3 is 2.55 bits per heavy atom. The molecule has 1 aliphatic carbocycles. The molecule has 4 rings (SSSR count). The van der Waals surface area contributed by atoms with Gasteiger partial charge in [-0.3, -0.25) is 9.59 Å². The van der Waals surface area contributed by atoms with E-state index in [9.17, 15) is 37.9 Å². The number of nitrogens with two attached hydrogens (primary N) is 1. The molecule has 1 saturated heterocycles. The van der Waals surface area contributed by atoms with Gasteiger partial charge in [0.25, 0.3) is 0 Å². The zero-order valence-electron chi connectivity index (χ0n) is 23.9. The number of carboxylic acid groups (broad SMARTS) is 1. The van der Waals surface area contributed by atoms with Crippen molar-refractivity contribution in [3.05, 3.63) is 28.9 Å². The first-order valence-corrected chi connectivity index (χ1v) is 14.2. The zero-order chi connectivity index (χ0) is 31.4. The molecular formula is C29H33F3N5O4S+. The van der Waals surface area contributed by atoms with Crippen molar-refractivity contribution < 1.29 is 37.2 Å². The fourth-order valence-corrected chi connectivity index (χ4v) is 7.17. The summed E-state index contributed by atoms with van der Waals surface area (Å²) in [5.41, 5.74) is 5.95. The van der Waals surface area contributed by atoms with Crippen LogP contribution in [0.4, 0.5) is 13.2 Å².